The van der Waals surface area contributed by atoms with Gasteiger partial charge in [-0.15, -0.1) is 0 Å². The molecule has 2 aromatic carbocycles. The zero-order valence-corrected chi connectivity index (χ0v) is 19.8. The van der Waals surface area contributed by atoms with Crippen molar-refractivity contribution in [2.45, 2.75) is 50.0 Å². The number of fused-ring (bicyclic) bond motifs is 2. The van der Waals surface area contributed by atoms with Crippen LogP contribution < -0.4 is 10.1 Å². The molecule has 4 rings (SSSR count). The number of nitrogens with zero attached hydrogens (tertiary/aromatic N) is 3. The lowest BCUT2D eigenvalue weighted by Crippen LogP contribution is -2.28. The van der Waals surface area contributed by atoms with Gasteiger partial charge in [0.1, 0.15) is 5.82 Å². The van der Waals surface area contributed by atoms with Gasteiger partial charge in [-0.3, -0.25) is 0 Å². The van der Waals surface area contributed by atoms with Gasteiger partial charge in [0.15, 0.2) is 15.0 Å². The van der Waals surface area contributed by atoms with Crippen LogP contribution in [-0.2, 0) is 9.84 Å². The lowest BCUT2D eigenvalue weighted by atomic mass is 10.2. The summed E-state index contributed by atoms with van der Waals surface area (Å²) in [6.07, 6.45) is -0.732. The van der Waals surface area contributed by atoms with E-state index in [0.29, 0.717) is 22.5 Å². The lowest BCUT2D eigenvalue weighted by molar-refractivity contribution is -0.0253. The molecule has 4 aromatic rings. The number of aromatic nitrogens is 3. The number of nitrogens with one attached hydrogen (secondary N) is 1. The van der Waals surface area contributed by atoms with E-state index < -0.39 is 20.9 Å². The van der Waals surface area contributed by atoms with Gasteiger partial charge in [0.05, 0.1) is 30.8 Å². The third-order valence-electron chi connectivity index (χ3n) is 4.87. The molecule has 2 aromatic heterocycles. The van der Waals surface area contributed by atoms with Crippen molar-refractivity contribution >= 4 is 53.2 Å². The number of rotatable bonds is 6. The van der Waals surface area contributed by atoms with Crippen LogP contribution in [0.3, 0.4) is 0 Å². The van der Waals surface area contributed by atoms with Gasteiger partial charge < -0.3 is 15.2 Å². The summed E-state index contributed by atoms with van der Waals surface area (Å²) in [4.78, 5) is 13.4. The summed E-state index contributed by atoms with van der Waals surface area (Å²) >= 11 is 1.42. The van der Waals surface area contributed by atoms with E-state index >= 15 is 0 Å². The first-order valence-electron chi connectivity index (χ1n) is 10.1. The number of para-hydroxylation sites is 1. The Morgan fingerprint density at radius 2 is 1.78 bits per heavy atom. The van der Waals surface area contributed by atoms with Crippen LogP contribution in [0.2, 0.25) is 0 Å². The van der Waals surface area contributed by atoms with E-state index in [-0.39, 0.29) is 16.7 Å². The van der Waals surface area contributed by atoms with Crippen molar-refractivity contribution in [1.29, 1.82) is 0 Å². The average Bonchev–Trinajstić information content (AvgIpc) is 3.14. The molecule has 0 aliphatic heterocycles. The minimum absolute atomic E-state index is 0.0548. The van der Waals surface area contributed by atoms with E-state index in [2.05, 4.69) is 20.3 Å². The van der Waals surface area contributed by atoms with Gasteiger partial charge in [0, 0.05) is 6.42 Å². The highest BCUT2D eigenvalue weighted by molar-refractivity contribution is 7.93. The Bertz CT molecular complexity index is 1360. The summed E-state index contributed by atoms with van der Waals surface area (Å²) < 4.78 is 32.1. The molecule has 0 fully saturated rings. The Kier molecular flexibility index (Phi) is 5.78. The van der Waals surface area contributed by atoms with E-state index in [4.69, 9.17) is 4.74 Å². The first-order valence-corrected chi connectivity index (χ1v) is 12.4. The standard InChI is InChI=1S/C22H24N4O4S2/c1-5-17(27)30-20-23-14-10-8-12-16(32(28,29)22(2,3)4)18(14)19(25-20)26-21-24-13-9-6-7-11-15(13)31-21/h6-12,17,27H,5H2,1-4H3,(H,23,24,25,26)/t17-/m0/s1. The molecule has 0 saturated heterocycles. The molecule has 32 heavy (non-hydrogen) atoms. The van der Waals surface area contributed by atoms with Crippen molar-refractivity contribution in [3.05, 3.63) is 42.5 Å². The second-order valence-electron chi connectivity index (χ2n) is 8.21. The van der Waals surface area contributed by atoms with Crippen molar-refractivity contribution in [2.24, 2.45) is 0 Å². The Morgan fingerprint density at radius 3 is 2.47 bits per heavy atom. The molecule has 0 aliphatic carbocycles. The summed E-state index contributed by atoms with van der Waals surface area (Å²) in [5.41, 5.74) is 1.20. The number of sulfone groups is 1. The van der Waals surface area contributed by atoms with E-state index in [9.17, 15) is 13.5 Å². The fraction of sp³-hybridized carbons (Fsp3) is 0.318. The predicted molar refractivity (Wildman–Crippen MR) is 126 cm³/mol. The Labute approximate surface area is 190 Å². The second-order valence-corrected chi connectivity index (χ2v) is 11.9. The maximum Gasteiger partial charge on any atom is 0.321 e. The molecular weight excluding hydrogens is 448 g/mol. The third kappa shape index (κ3) is 4.13. The fourth-order valence-corrected chi connectivity index (χ4v) is 5.31. The van der Waals surface area contributed by atoms with Crippen LogP contribution in [0.4, 0.5) is 10.9 Å². The van der Waals surface area contributed by atoms with Gasteiger partial charge in [0.25, 0.3) is 0 Å². The second kappa shape index (κ2) is 8.27. The van der Waals surface area contributed by atoms with Gasteiger partial charge in [-0.05, 0) is 45.0 Å². The number of thiazole rings is 1. The van der Waals surface area contributed by atoms with Crippen molar-refractivity contribution in [3.8, 4) is 6.01 Å². The fourth-order valence-electron chi connectivity index (χ4n) is 3.06. The average molecular weight is 473 g/mol. The summed E-state index contributed by atoms with van der Waals surface area (Å²) in [6, 6.07) is 12.5. The molecule has 0 aliphatic rings. The molecule has 0 amide bonds. The molecule has 0 unspecified atom stereocenters. The van der Waals surface area contributed by atoms with Gasteiger partial charge in [-0.1, -0.05) is 36.5 Å². The molecule has 2 N–H and O–H groups in total. The molecule has 0 bridgehead atoms. The highest BCUT2D eigenvalue weighted by atomic mass is 32.2. The zero-order chi connectivity index (χ0) is 23.1. The molecule has 10 heteroatoms. The number of hydrogen-bond donors (Lipinski definition) is 2. The SMILES string of the molecule is CC[C@@H](O)Oc1nc(Nc2nc3ccccc3s2)c2c(S(=O)(=O)C(C)(C)C)cccc2n1. The maximum atomic E-state index is 13.4. The summed E-state index contributed by atoms with van der Waals surface area (Å²) in [6.45, 7) is 6.72. The van der Waals surface area contributed by atoms with Gasteiger partial charge in [0.2, 0.25) is 6.29 Å². The number of anilines is 2. The van der Waals surface area contributed by atoms with Crippen molar-refractivity contribution < 1.29 is 18.3 Å². The summed E-state index contributed by atoms with van der Waals surface area (Å²) in [7, 11) is -3.71. The molecular formula is C22H24N4O4S2. The number of aliphatic hydroxyl groups is 1. The Hall–Kier alpha value is -2.82. The molecule has 0 spiro atoms. The van der Waals surface area contributed by atoms with Crippen LogP contribution in [-0.4, -0.2) is 39.5 Å². The van der Waals surface area contributed by atoms with Gasteiger partial charge >= 0.3 is 6.01 Å². The van der Waals surface area contributed by atoms with E-state index in [1.807, 2.05) is 24.3 Å². The van der Waals surface area contributed by atoms with Crippen LogP contribution >= 0.6 is 11.3 Å². The van der Waals surface area contributed by atoms with Crippen LogP contribution in [0.1, 0.15) is 34.1 Å². The highest BCUT2D eigenvalue weighted by Crippen LogP contribution is 2.37. The number of ether oxygens (including phenoxy) is 1. The molecule has 1 atom stereocenters. The minimum atomic E-state index is -3.71. The normalized spacial score (nSPS) is 13.4. The van der Waals surface area contributed by atoms with Crippen LogP contribution in [0.5, 0.6) is 6.01 Å². The Balaban J connectivity index is 1.94. The first kappa shape index (κ1) is 22.4. The smallest absolute Gasteiger partial charge is 0.321 e. The molecule has 8 nitrogen and oxygen atoms in total. The molecule has 0 radical (unpaired) electrons. The van der Waals surface area contributed by atoms with E-state index in [1.54, 1.807) is 45.9 Å². The van der Waals surface area contributed by atoms with Crippen LogP contribution in [0.25, 0.3) is 21.1 Å². The van der Waals surface area contributed by atoms with E-state index in [0.717, 1.165) is 10.2 Å². The minimum Gasteiger partial charge on any atom is -0.434 e. The van der Waals surface area contributed by atoms with Crippen molar-refractivity contribution in [1.82, 2.24) is 15.0 Å². The van der Waals surface area contributed by atoms with Crippen LogP contribution in [0.15, 0.2) is 47.4 Å². The summed E-state index contributed by atoms with van der Waals surface area (Å²) in [5, 5.41) is 14.0. The van der Waals surface area contributed by atoms with Crippen molar-refractivity contribution in [2.75, 3.05) is 5.32 Å². The van der Waals surface area contributed by atoms with Crippen LogP contribution in [0, 0.1) is 0 Å². The first-order chi connectivity index (χ1) is 15.1. The Morgan fingerprint density at radius 1 is 1.06 bits per heavy atom. The van der Waals surface area contributed by atoms with Gasteiger partial charge in [-0.25, -0.2) is 13.4 Å². The van der Waals surface area contributed by atoms with Crippen molar-refractivity contribution in [3.63, 3.8) is 0 Å². The monoisotopic (exact) mass is 472 g/mol. The molecule has 2 heterocycles. The van der Waals surface area contributed by atoms with E-state index in [1.165, 1.54) is 11.3 Å². The number of hydrogen-bond acceptors (Lipinski definition) is 9. The topological polar surface area (TPSA) is 114 Å². The lowest BCUT2D eigenvalue weighted by Gasteiger charge is -2.21. The highest BCUT2D eigenvalue weighted by Gasteiger charge is 2.33. The van der Waals surface area contributed by atoms with Gasteiger partial charge in [-0.2, -0.15) is 9.97 Å². The molecule has 168 valence electrons. The quantitative estimate of drug-likeness (QED) is 0.389. The summed E-state index contributed by atoms with van der Waals surface area (Å²) in [5.74, 6) is 0.246. The maximum absolute atomic E-state index is 13.4. The molecule has 0 saturated carbocycles. The third-order valence-corrected chi connectivity index (χ3v) is 8.35. The predicted octanol–water partition coefficient (Wildman–Crippen LogP) is 4.66. The number of aliphatic hydroxyl groups excluding tert-OH is 1. The zero-order valence-electron chi connectivity index (χ0n) is 18.2. The largest absolute Gasteiger partial charge is 0.434 e. The number of benzene rings is 2.